The van der Waals surface area contributed by atoms with Crippen molar-refractivity contribution >= 4 is 11.9 Å². The number of hydrogen-bond acceptors (Lipinski definition) is 4. The molecule has 0 aromatic heterocycles. The predicted octanol–water partition coefficient (Wildman–Crippen LogP) is 0.753. The number of esters is 1. The highest BCUT2D eigenvalue weighted by Gasteiger charge is 2.18. The van der Waals surface area contributed by atoms with Crippen molar-refractivity contribution in [3.05, 3.63) is 35.4 Å². The molecule has 0 atom stereocenters. The molecular formula is C13H16N2O3. The van der Waals surface area contributed by atoms with Crippen LogP contribution in [0.15, 0.2) is 24.3 Å². The number of nitrogens with one attached hydrogen (secondary N) is 1. The smallest absolute Gasteiger partial charge is 0.337 e. The van der Waals surface area contributed by atoms with Gasteiger partial charge >= 0.3 is 5.97 Å². The molecule has 1 aliphatic heterocycles. The number of nitrogens with zero attached hydrogens (tertiary/aromatic N) is 1. The van der Waals surface area contributed by atoms with E-state index < -0.39 is 0 Å². The molecule has 0 bridgehead atoms. The maximum Gasteiger partial charge on any atom is 0.337 e. The highest BCUT2D eigenvalue weighted by molar-refractivity contribution is 5.89. The number of ether oxygens (including phenoxy) is 1. The summed E-state index contributed by atoms with van der Waals surface area (Å²) in [5.74, 6) is -0.195. The normalized spacial score (nSPS) is 14.9. The summed E-state index contributed by atoms with van der Waals surface area (Å²) in [7, 11) is 1.36. The summed E-state index contributed by atoms with van der Waals surface area (Å²) in [4.78, 5) is 22.6. The van der Waals surface area contributed by atoms with Gasteiger partial charge in [-0.25, -0.2) is 10.2 Å². The summed E-state index contributed by atoms with van der Waals surface area (Å²) in [6, 6.07) is 7.24. The Balaban J connectivity index is 1.90. The van der Waals surface area contributed by atoms with E-state index in [4.69, 9.17) is 0 Å². The third-order valence-corrected chi connectivity index (χ3v) is 2.94. The monoisotopic (exact) mass is 248 g/mol. The fourth-order valence-electron chi connectivity index (χ4n) is 1.89. The molecule has 1 amide bonds. The second-order valence-electron chi connectivity index (χ2n) is 4.14. The van der Waals surface area contributed by atoms with Gasteiger partial charge in [0.15, 0.2) is 0 Å². The minimum atomic E-state index is -0.335. The Hall–Kier alpha value is -1.88. The van der Waals surface area contributed by atoms with Crippen molar-refractivity contribution in [1.29, 1.82) is 0 Å². The van der Waals surface area contributed by atoms with Crippen LogP contribution in [0.5, 0.6) is 0 Å². The third kappa shape index (κ3) is 2.87. The number of carbonyl (C=O) groups excluding carboxylic acids is 2. The predicted molar refractivity (Wildman–Crippen MR) is 65.8 cm³/mol. The highest BCUT2D eigenvalue weighted by Crippen LogP contribution is 2.08. The molecule has 0 radical (unpaired) electrons. The van der Waals surface area contributed by atoms with Crippen molar-refractivity contribution in [2.24, 2.45) is 0 Å². The van der Waals surface area contributed by atoms with Crippen molar-refractivity contribution in [1.82, 2.24) is 10.4 Å². The van der Waals surface area contributed by atoms with Gasteiger partial charge in [0.05, 0.1) is 12.7 Å². The summed E-state index contributed by atoms with van der Waals surface area (Å²) in [6.07, 6.45) is 1.33. The van der Waals surface area contributed by atoms with E-state index in [1.54, 1.807) is 17.1 Å². The van der Waals surface area contributed by atoms with Crippen molar-refractivity contribution in [3.8, 4) is 0 Å². The average Bonchev–Trinajstić information content (AvgIpc) is 2.81. The van der Waals surface area contributed by atoms with Crippen LogP contribution in [0.1, 0.15) is 22.3 Å². The molecule has 1 heterocycles. The average molecular weight is 248 g/mol. The summed E-state index contributed by atoms with van der Waals surface area (Å²) in [5, 5.41) is 1.65. The molecule has 18 heavy (non-hydrogen) atoms. The van der Waals surface area contributed by atoms with Crippen LogP contribution in [-0.4, -0.2) is 37.1 Å². The van der Waals surface area contributed by atoms with E-state index in [9.17, 15) is 9.59 Å². The number of carbonyl (C=O) groups is 2. The second kappa shape index (κ2) is 5.64. The van der Waals surface area contributed by atoms with Gasteiger partial charge in [0.25, 0.3) is 0 Å². The lowest BCUT2D eigenvalue weighted by Crippen LogP contribution is -2.35. The van der Waals surface area contributed by atoms with Crippen LogP contribution in [0, 0.1) is 0 Å². The van der Waals surface area contributed by atoms with Crippen molar-refractivity contribution in [2.75, 3.05) is 20.2 Å². The van der Waals surface area contributed by atoms with Gasteiger partial charge in [-0.05, 0) is 24.1 Å². The SMILES string of the molecule is COC(=O)c1ccc(CCN2NCCC2=O)cc1. The fourth-order valence-corrected chi connectivity index (χ4v) is 1.89. The van der Waals surface area contributed by atoms with E-state index in [2.05, 4.69) is 10.2 Å². The maximum absolute atomic E-state index is 11.4. The molecule has 0 spiro atoms. The molecule has 1 N–H and O–H groups in total. The molecule has 0 saturated carbocycles. The Labute approximate surface area is 106 Å². The van der Waals surface area contributed by atoms with Gasteiger partial charge < -0.3 is 4.74 Å². The lowest BCUT2D eigenvalue weighted by atomic mass is 10.1. The Morgan fingerprint density at radius 2 is 2.11 bits per heavy atom. The van der Waals surface area contributed by atoms with Gasteiger partial charge in [-0.2, -0.15) is 0 Å². The highest BCUT2D eigenvalue weighted by atomic mass is 16.5. The fraction of sp³-hybridized carbons (Fsp3) is 0.385. The van der Waals surface area contributed by atoms with Crippen LogP contribution >= 0.6 is 0 Å². The van der Waals surface area contributed by atoms with E-state index >= 15 is 0 Å². The number of hydrazine groups is 1. The number of methoxy groups -OCH3 is 1. The molecule has 0 unspecified atom stereocenters. The van der Waals surface area contributed by atoms with E-state index in [1.807, 2.05) is 12.1 Å². The number of benzene rings is 1. The lowest BCUT2D eigenvalue weighted by Gasteiger charge is -2.15. The van der Waals surface area contributed by atoms with Crippen molar-refractivity contribution in [2.45, 2.75) is 12.8 Å². The zero-order valence-corrected chi connectivity index (χ0v) is 10.3. The third-order valence-electron chi connectivity index (χ3n) is 2.94. The van der Waals surface area contributed by atoms with Gasteiger partial charge in [-0.3, -0.25) is 9.80 Å². The number of hydrogen-bond donors (Lipinski definition) is 1. The molecule has 1 saturated heterocycles. The molecule has 1 aromatic rings. The van der Waals surface area contributed by atoms with Gasteiger partial charge in [0, 0.05) is 19.5 Å². The van der Waals surface area contributed by atoms with Gasteiger partial charge in [0.1, 0.15) is 0 Å². The summed E-state index contributed by atoms with van der Waals surface area (Å²) in [5.41, 5.74) is 4.65. The van der Waals surface area contributed by atoms with Crippen LogP contribution in [0.3, 0.4) is 0 Å². The van der Waals surface area contributed by atoms with Gasteiger partial charge in [-0.1, -0.05) is 12.1 Å². The van der Waals surface area contributed by atoms with Crippen LogP contribution in [0.25, 0.3) is 0 Å². The zero-order chi connectivity index (χ0) is 13.0. The first-order valence-electron chi connectivity index (χ1n) is 5.92. The van der Waals surface area contributed by atoms with Crippen LogP contribution in [0.4, 0.5) is 0 Å². The molecule has 5 heteroatoms. The first-order valence-corrected chi connectivity index (χ1v) is 5.92. The Morgan fingerprint density at radius 3 is 2.67 bits per heavy atom. The van der Waals surface area contributed by atoms with Gasteiger partial charge in [-0.15, -0.1) is 0 Å². The minimum Gasteiger partial charge on any atom is -0.465 e. The van der Waals surface area contributed by atoms with Gasteiger partial charge in [0.2, 0.25) is 5.91 Å². The second-order valence-corrected chi connectivity index (χ2v) is 4.14. The molecule has 0 aliphatic carbocycles. The molecular weight excluding hydrogens is 232 g/mol. The van der Waals surface area contributed by atoms with Crippen molar-refractivity contribution in [3.63, 3.8) is 0 Å². The minimum absolute atomic E-state index is 0.140. The first kappa shape index (κ1) is 12.6. The van der Waals surface area contributed by atoms with Crippen LogP contribution < -0.4 is 5.43 Å². The van der Waals surface area contributed by atoms with Crippen LogP contribution in [0.2, 0.25) is 0 Å². The Kier molecular flexibility index (Phi) is 3.94. The van der Waals surface area contributed by atoms with E-state index in [-0.39, 0.29) is 11.9 Å². The summed E-state index contributed by atoms with van der Waals surface area (Å²) in [6.45, 7) is 1.37. The summed E-state index contributed by atoms with van der Waals surface area (Å²) >= 11 is 0. The molecule has 5 nitrogen and oxygen atoms in total. The molecule has 96 valence electrons. The summed E-state index contributed by atoms with van der Waals surface area (Å²) < 4.78 is 4.63. The lowest BCUT2D eigenvalue weighted by molar-refractivity contribution is -0.129. The molecule has 2 rings (SSSR count). The number of amides is 1. The van der Waals surface area contributed by atoms with Crippen molar-refractivity contribution < 1.29 is 14.3 Å². The largest absolute Gasteiger partial charge is 0.465 e. The first-order chi connectivity index (χ1) is 8.70. The van der Waals surface area contributed by atoms with Crippen LogP contribution in [-0.2, 0) is 16.0 Å². The quantitative estimate of drug-likeness (QED) is 0.799. The molecule has 1 fully saturated rings. The van der Waals surface area contributed by atoms with E-state index in [0.29, 0.717) is 18.5 Å². The number of rotatable bonds is 4. The maximum atomic E-state index is 11.4. The molecule has 1 aromatic carbocycles. The van der Waals surface area contributed by atoms with E-state index in [0.717, 1.165) is 18.5 Å². The Bertz CT molecular complexity index is 442. The zero-order valence-electron chi connectivity index (χ0n) is 10.3. The van der Waals surface area contributed by atoms with E-state index in [1.165, 1.54) is 7.11 Å². The topological polar surface area (TPSA) is 58.6 Å². The standard InChI is InChI=1S/C13H16N2O3/c1-18-13(17)11-4-2-10(3-5-11)7-9-15-12(16)6-8-14-15/h2-5,14H,6-9H2,1H3. The molecule has 1 aliphatic rings. The Morgan fingerprint density at radius 1 is 1.39 bits per heavy atom.